The quantitative estimate of drug-likeness (QED) is 0.411. The molecule has 7 nitrogen and oxygen atoms in total. The lowest BCUT2D eigenvalue weighted by Gasteiger charge is -2.24. The summed E-state index contributed by atoms with van der Waals surface area (Å²) < 4.78 is 2.41. The van der Waals surface area contributed by atoms with Gasteiger partial charge in [-0.2, -0.15) is 0 Å². The van der Waals surface area contributed by atoms with Crippen molar-refractivity contribution in [1.82, 2.24) is 14.5 Å². The fourth-order valence-corrected chi connectivity index (χ4v) is 4.30. The number of nitrogens with zero attached hydrogens (tertiary/aromatic N) is 2. The normalized spacial score (nSPS) is 12.8. The van der Waals surface area contributed by atoms with Gasteiger partial charge < -0.3 is 5.32 Å². The minimum atomic E-state index is -0.846. The molecule has 1 amide bonds. The van der Waals surface area contributed by atoms with E-state index in [0.29, 0.717) is 22.9 Å². The third-order valence-corrected chi connectivity index (χ3v) is 6.16. The average molecular weight is 470 g/mol. The monoisotopic (exact) mass is 469 g/mol. The summed E-state index contributed by atoms with van der Waals surface area (Å²) >= 11 is 0. The second kappa shape index (κ2) is 9.93. The number of carbonyl (C=O) groups is 2. The minimum absolute atomic E-state index is 0.179. The second-order valence-electron chi connectivity index (χ2n) is 8.48. The summed E-state index contributed by atoms with van der Waals surface area (Å²) in [4.78, 5) is 52.5. The summed E-state index contributed by atoms with van der Waals surface area (Å²) in [7, 11) is 0. The molecular formula is C28H27N3O4. The van der Waals surface area contributed by atoms with Crippen LogP contribution >= 0.6 is 0 Å². The van der Waals surface area contributed by atoms with Crippen LogP contribution < -0.4 is 16.6 Å². The Labute approximate surface area is 202 Å². The van der Waals surface area contributed by atoms with Crippen molar-refractivity contribution in [2.75, 3.05) is 0 Å². The Balaban J connectivity index is 1.89. The smallest absolute Gasteiger partial charge is 0.336 e. The van der Waals surface area contributed by atoms with Gasteiger partial charge in [0, 0.05) is 5.56 Å². The third kappa shape index (κ3) is 4.57. The first-order chi connectivity index (χ1) is 16.8. The molecule has 0 unspecified atom stereocenters. The molecular weight excluding hydrogens is 442 g/mol. The van der Waals surface area contributed by atoms with E-state index < -0.39 is 17.3 Å². The van der Waals surface area contributed by atoms with Crippen LogP contribution in [-0.2, 0) is 4.79 Å². The van der Waals surface area contributed by atoms with Gasteiger partial charge in [-0.1, -0.05) is 61.5 Å². The zero-order valence-corrected chi connectivity index (χ0v) is 19.9. The molecule has 1 N–H and O–H groups in total. The summed E-state index contributed by atoms with van der Waals surface area (Å²) in [6.07, 6.45) is 0.336. The van der Waals surface area contributed by atoms with Crippen molar-refractivity contribution in [3.05, 3.63) is 111 Å². The van der Waals surface area contributed by atoms with E-state index in [-0.39, 0.29) is 23.4 Å². The summed E-state index contributed by atoms with van der Waals surface area (Å²) in [6.45, 7) is 5.13. The first kappa shape index (κ1) is 23.9. The summed E-state index contributed by atoms with van der Waals surface area (Å²) in [5.74, 6) is -0.500. The lowest BCUT2D eigenvalue weighted by atomic mass is 10.1. The summed E-state index contributed by atoms with van der Waals surface area (Å²) in [6, 6.07) is 21.6. The van der Waals surface area contributed by atoms with Gasteiger partial charge in [-0.05, 0) is 50.1 Å². The zero-order valence-electron chi connectivity index (χ0n) is 19.9. The molecule has 0 fully saturated rings. The van der Waals surface area contributed by atoms with E-state index in [1.54, 1.807) is 42.5 Å². The molecule has 0 aliphatic carbocycles. The highest BCUT2D eigenvalue weighted by Crippen LogP contribution is 2.20. The van der Waals surface area contributed by atoms with Gasteiger partial charge in [-0.15, -0.1) is 0 Å². The van der Waals surface area contributed by atoms with E-state index in [2.05, 4.69) is 5.32 Å². The minimum Gasteiger partial charge on any atom is -0.348 e. The highest BCUT2D eigenvalue weighted by atomic mass is 16.2. The summed E-state index contributed by atoms with van der Waals surface area (Å²) in [5, 5.41) is 3.31. The lowest BCUT2D eigenvalue weighted by Crippen LogP contribution is -2.44. The maximum absolute atomic E-state index is 13.8. The molecule has 1 heterocycles. The topological polar surface area (TPSA) is 90.2 Å². The molecule has 0 saturated carbocycles. The molecule has 0 aliphatic heterocycles. The van der Waals surface area contributed by atoms with Gasteiger partial charge in [0.25, 0.3) is 5.56 Å². The largest absolute Gasteiger partial charge is 0.348 e. The number of benzene rings is 3. The summed E-state index contributed by atoms with van der Waals surface area (Å²) in [5.41, 5.74) is 0.851. The van der Waals surface area contributed by atoms with Crippen LogP contribution in [0.5, 0.6) is 0 Å². The van der Waals surface area contributed by atoms with Crippen LogP contribution in [0.15, 0.2) is 88.5 Å². The Morgan fingerprint density at radius 1 is 0.914 bits per heavy atom. The van der Waals surface area contributed by atoms with Gasteiger partial charge in [-0.25, -0.2) is 9.36 Å². The first-order valence-electron chi connectivity index (χ1n) is 11.6. The number of hydrogen-bond acceptors (Lipinski definition) is 4. The van der Waals surface area contributed by atoms with Crippen molar-refractivity contribution in [3.8, 4) is 5.69 Å². The van der Waals surface area contributed by atoms with Crippen LogP contribution in [0, 0.1) is 0 Å². The Kier molecular flexibility index (Phi) is 6.78. The molecule has 4 rings (SSSR count). The van der Waals surface area contributed by atoms with Crippen LogP contribution in [0.25, 0.3) is 16.6 Å². The van der Waals surface area contributed by atoms with Gasteiger partial charge in [0.05, 0.1) is 22.6 Å². The number of para-hydroxylation sites is 1. The average Bonchev–Trinajstić information content (AvgIpc) is 2.87. The molecule has 0 bridgehead atoms. The van der Waals surface area contributed by atoms with E-state index in [1.165, 1.54) is 17.6 Å². The molecule has 0 radical (unpaired) electrons. The van der Waals surface area contributed by atoms with Crippen molar-refractivity contribution < 1.29 is 9.59 Å². The van der Waals surface area contributed by atoms with E-state index in [1.807, 2.05) is 44.2 Å². The maximum atomic E-state index is 13.8. The Morgan fingerprint density at radius 2 is 1.60 bits per heavy atom. The Hall–Kier alpha value is -4.26. The van der Waals surface area contributed by atoms with E-state index in [0.717, 1.165) is 10.1 Å². The number of rotatable bonds is 7. The molecule has 0 saturated heterocycles. The molecule has 1 aromatic heterocycles. The number of carbonyl (C=O) groups excluding carboxylic acids is 2. The predicted octanol–water partition coefficient (Wildman–Crippen LogP) is 4.18. The van der Waals surface area contributed by atoms with Gasteiger partial charge in [0.1, 0.15) is 6.04 Å². The Bertz CT molecular complexity index is 1520. The van der Waals surface area contributed by atoms with Crippen LogP contribution in [0.4, 0.5) is 0 Å². The van der Waals surface area contributed by atoms with Gasteiger partial charge >= 0.3 is 5.69 Å². The van der Waals surface area contributed by atoms with Crippen LogP contribution in [0.3, 0.4) is 0 Å². The van der Waals surface area contributed by atoms with Crippen molar-refractivity contribution in [1.29, 1.82) is 0 Å². The zero-order chi connectivity index (χ0) is 25.1. The standard InChI is InChI=1S/C28H27N3O4/c1-4-24(26(33)29-18(2)20-11-6-5-7-12-20)31-25-16-9-8-15-23(25)27(34)30(28(31)35)22-14-10-13-21(17-22)19(3)32/h5-18,24H,4H2,1-3H3,(H,29,33)/t18-,24-/m1/s1. The van der Waals surface area contributed by atoms with Crippen molar-refractivity contribution >= 4 is 22.6 Å². The molecule has 35 heavy (non-hydrogen) atoms. The predicted molar refractivity (Wildman–Crippen MR) is 136 cm³/mol. The lowest BCUT2D eigenvalue weighted by molar-refractivity contribution is -0.125. The van der Waals surface area contributed by atoms with Crippen molar-refractivity contribution in [2.45, 2.75) is 39.3 Å². The molecule has 0 aliphatic rings. The molecule has 4 aromatic rings. The van der Waals surface area contributed by atoms with Gasteiger partial charge in [0.15, 0.2) is 5.78 Å². The molecule has 7 heteroatoms. The van der Waals surface area contributed by atoms with Crippen molar-refractivity contribution in [3.63, 3.8) is 0 Å². The fourth-order valence-electron chi connectivity index (χ4n) is 4.30. The molecule has 0 spiro atoms. The maximum Gasteiger partial charge on any atom is 0.336 e. The number of ketones is 1. The highest BCUT2D eigenvalue weighted by molar-refractivity contribution is 5.94. The fraction of sp³-hybridized carbons (Fsp3) is 0.214. The number of amides is 1. The van der Waals surface area contributed by atoms with Crippen LogP contribution in [0.1, 0.15) is 55.2 Å². The van der Waals surface area contributed by atoms with Gasteiger partial charge in [-0.3, -0.25) is 19.0 Å². The molecule has 3 aromatic carbocycles. The Morgan fingerprint density at radius 3 is 2.29 bits per heavy atom. The first-order valence-corrected chi connectivity index (χ1v) is 11.6. The molecule has 2 atom stereocenters. The third-order valence-electron chi connectivity index (χ3n) is 6.16. The number of aromatic nitrogens is 2. The van der Waals surface area contributed by atoms with E-state index >= 15 is 0 Å². The highest BCUT2D eigenvalue weighted by Gasteiger charge is 2.26. The van der Waals surface area contributed by atoms with Crippen molar-refractivity contribution in [2.24, 2.45) is 0 Å². The number of fused-ring (bicyclic) bond motifs is 1. The number of hydrogen-bond donors (Lipinski definition) is 1. The van der Waals surface area contributed by atoms with Crippen LogP contribution in [-0.4, -0.2) is 20.8 Å². The van der Waals surface area contributed by atoms with E-state index in [9.17, 15) is 19.2 Å². The molecule has 178 valence electrons. The SMILES string of the molecule is CC[C@H](C(=O)N[C@H](C)c1ccccc1)n1c(=O)n(-c2cccc(C(C)=O)c2)c(=O)c2ccccc21. The van der Waals surface area contributed by atoms with Crippen LogP contribution in [0.2, 0.25) is 0 Å². The second-order valence-corrected chi connectivity index (χ2v) is 8.48. The number of nitrogens with one attached hydrogen (secondary N) is 1. The van der Waals surface area contributed by atoms with E-state index in [4.69, 9.17) is 0 Å². The number of Topliss-reactive ketones (excluding diaryl/α,β-unsaturated/α-hetero) is 1. The van der Waals surface area contributed by atoms with Gasteiger partial charge in [0.2, 0.25) is 5.91 Å².